The molecule has 0 aliphatic heterocycles. The number of carbonyl (C=O) groups excluding carboxylic acids is 2. The van der Waals surface area contributed by atoms with E-state index in [1.807, 2.05) is 60.7 Å². The van der Waals surface area contributed by atoms with E-state index >= 15 is 0 Å². The van der Waals surface area contributed by atoms with Gasteiger partial charge in [-0.05, 0) is 37.1 Å². The lowest BCUT2D eigenvalue weighted by Crippen LogP contribution is -2.37. The van der Waals surface area contributed by atoms with Crippen LogP contribution in [0.3, 0.4) is 0 Å². The summed E-state index contributed by atoms with van der Waals surface area (Å²) in [6.07, 6.45) is 6.59. The second kappa shape index (κ2) is 11.9. The van der Waals surface area contributed by atoms with Crippen LogP contribution in [0.1, 0.15) is 51.4 Å². The zero-order valence-corrected chi connectivity index (χ0v) is 16.3. The first-order valence-corrected chi connectivity index (χ1v) is 9.85. The van der Waals surface area contributed by atoms with Crippen molar-refractivity contribution in [2.75, 3.05) is 10.0 Å². The predicted molar refractivity (Wildman–Crippen MR) is 113 cm³/mol. The number of hydrazine groups is 2. The summed E-state index contributed by atoms with van der Waals surface area (Å²) in [6.45, 7) is 0. The van der Waals surface area contributed by atoms with Gasteiger partial charge >= 0.3 is 0 Å². The van der Waals surface area contributed by atoms with Gasteiger partial charge < -0.3 is 0 Å². The van der Waals surface area contributed by atoms with E-state index in [0.717, 1.165) is 38.5 Å². The number of anilines is 2. The van der Waals surface area contributed by atoms with Gasteiger partial charge in [-0.1, -0.05) is 62.1 Å². The van der Waals surface area contributed by atoms with Gasteiger partial charge in [-0.15, -0.1) is 0 Å². The Bertz CT molecular complexity index is 658. The molecule has 28 heavy (non-hydrogen) atoms. The van der Waals surface area contributed by atoms with E-state index in [1.54, 1.807) is 0 Å². The fourth-order valence-corrected chi connectivity index (χ4v) is 2.97. The first-order chi connectivity index (χ1) is 13.6. The van der Waals surface area contributed by atoms with Crippen LogP contribution >= 0.6 is 0 Å². The van der Waals surface area contributed by atoms with Crippen molar-refractivity contribution in [3.8, 4) is 0 Å². The van der Waals surface area contributed by atoms with Gasteiger partial charge in [-0.2, -0.15) is 0 Å². The zero-order valence-electron chi connectivity index (χ0n) is 16.3. The molecule has 0 saturated heterocycles. The van der Waals surface area contributed by atoms with E-state index in [4.69, 9.17) is 11.7 Å². The first kappa shape index (κ1) is 21.6. The van der Waals surface area contributed by atoms with Crippen molar-refractivity contribution >= 4 is 23.2 Å². The van der Waals surface area contributed by atoms with Crippen molar-refractivity contribution in [2.45, 2.75) is 51.4 Å². The minimum Gasteiger partial charge on any atom is -0.273 e. The highest BCUT2D eigenvalue weighted by Crippen LogP contribution is 2.15. The van der Waals surface area contributed by atoms with Crippen LogP contribution < -0.4 is 21.7 Å². The average Bonchev–Trinajstić information content (AvgIpc) is 2.75. The molecular formula is C22H30N4O2. The molecule has 0 radical (unpaired) electrons. The molecule has 2 amide bonds. The Morgan fingerprint density at radius 2 is 0.893 bits per heavy atom. The molecule has 0 aliphatic rings. The van der Waals surface area contributed by atoms with E-state index in [0.29, 0.717) is 24.2 Å². The number of nitrogens with zero attached hydrogens (tertiary/aromatic N) is 2. The number of amides is 2. The van der Waals surface area contributed by atoms with E-state index in [1.165, 1.54) is 10.0 Å². The number of benzene rings is 2. The minimum atomic E-state index is -0.0688. The molecule has 0 spiro atoms. The fourth-order valence-electron chi connectivity index (χ4n) is 2.97. The lowest BCUT2D eigenvalue weighted by atomic mass is 10.1. The Kier molecular flexibility index (Phi) is 9.18. The highest BCUT2D eigenvalue weighted by Gasteiger charge is 2.11. The van der Waals surface area contributed by atoms with Gasteiger partial charge in [0.15, 0.2) is 0 Å². The van der Waals surface area contributed by atoms with Crippen molar-refractivity contribution in [1.29, 1.82) is 0 Å². The van der Waals surface area contributed by atoms with Gasteiger partial charge in [-0.25, -0.2) is 21.7 Å². The Labute approximate surface area is 167 Å². The summed E-state index contributed by atoms with van der Waals surface area (Å²) in [6, 6.07) is 18.5. The number of para-hydroxylation sites is 2. The Hall–Kier alpha value is -2.70. The van der Waals surface area contributed by atoms with E-state index < -0.39 is 0 Å². The van der Waals surface area contributed by atoms with Crippen LogP contribution in [0.15, 0.2) is 60.7 Å². The predicted octanol–water partition coefficient (Wildman–Crippen LogP) is 3.92. The number of carbonyl (C=O) groups is 2. The minimum absolute atomic E-state index is 0.0688. The lowest BCUT2D eigenvalue weighted by Gasteiger charge is -2.16. The Balaban J connectivity index is 1.51. The van der Waals surface area contributed by atoms with Crippen molar-refractivity contribution in [2.24, 2.45) is 11.7 Å². The second-order valence-corrected chi connectivity index (χ2v) is 6.82. The average molecular weight is 383 g/mol. The van der Waals surface area contributed by atoms with E-state index in [2.05, 4.69) is 0 Å². The maximum atomic E-state index is 12.1. The second-order valence-electron chi connectivity index (χ2n) is 6.82. The highest BCUT2D eigenvalue weighted by molar-refractivity contribution is 5.92. The smallest absolute Gasteiger partial charge is 0.241 e. The van der Waals surface area contributed by atoms with Crippen LogP contribution in [0.2, 0.25) is 0 Å². The largest absolute Gasteiger partial charge is 0.273 e. The van der Waals surface area contributed by atoms with Crippen LogP contribution in [0, 0.1) is 0 Å². The monoisotopic (exact) mass is 382 g/mol. The quantitative estimate of drug-likeness (QED) is 0.267. The standard InChI is InChI=1S/C22H30N4O2/c23-25(19-13-7-5-8-14-19)21(27)17-11-3-1-2-4-12-18-22(28)26(24)20-15-9-6-10-16-20/h5-10,13-16H,1-4,11-12,17-18,23-24H2. The van der Waals surface area contributed by atoms with Gasteiger partial charge in [0.1, 0.15) is 0 Å². The molecular weight excluding hydrogens is 352 g/mol. The van der Waals surface area contributed by atoms with Gasteiger partial charge in [0.05, 0.1) is 11.4 Å². The van der Waals surface area contributed by atoms with E-state index in [9.17, 15) is 9.59 Å². The van der Waals surface area contributed by atoms with Crippen LogP contribution in [0.4, 0.5) is 11.4 Å². The van der Waals surface area contributed by atoms with Crippen molar-refractivity contribution < 1.29 is 9.59 Å². The van der Waals surface area contributed by atoms with Crippen LogP contribution in [0.25, 0.3) is 0 Å². The molecule has 0 bridgehead atoms. The maximum Gasteiger partial charge on any atom is 0.241 e. The Morgan fingerprint density at radius 3 is 1.25 bits per heavy atom. The topological polar surface area (TPSA) is 92.7 Å². The van der Waals surface area contributed by atoms with Crippen molar-refractivity contribution in [1.82, 2.24) is 0 Å². The Morgan fingerprint density at radius 1 is 0.571 bits per heavy atom. The molecule has 0 unspecified atom stereocenters. The van der Waals surface area contributed by atoms with Crippen LogP contribution in [-0.4, -0.2) is 11.8 Å². The molecule has 2 aromatic rings. The molecule has 0 heterocycles. The van der Waals surface area contributed by atoms with Gasteiger partial charge in [0.2, 0.25) is 11.8 Å². The van der Waals surface area contributed by atoms with Gasteiger partial charge in [-0.3, -0.25) is 9.59 Å². The molecule has 6 nitrogen and oxygen atoms in total. The molecule has 0 saturated carbocycles. The summed E-state index contributed by atoms with van der Waals surface area (Å²) in [7, 11) is 0. The summed E-state index contributed by atoms with van der Waals surface area (Å²) in [5.74, 6) is 11.6. The summed E-state index contributed by atoms with van der Waals surface area (Å²) in [5.41, 5.74) is 1.42. The zero-order chi connectivity index (χ0) is 20.2. The maximum absolute atomic E-state index is 12.1. The third-order valence-corrected chi connectivity index (χ3v) is 4.64. The molecule has 0 fully saturated rings. The molecule has 0 atom stereocenters. The van der Waals surface area contributed by atoms with Crippen LogP contribution in [-0.2, 0) is 9.59 Å². The molecule has 2 rings (SSSR count). The third kappa shape index (κ3) is 7.13. The first-order valence-electron chi connectivity index (χ1n) is 9.85. The number of hydrogen-bond acceptors (Lipinski definition) is 4. The summed E-state index contributed by atoms with van der Waals surface area (Å²) in [4.78, 5) is 24.2. The molecule has 0 aliphatic carbocycles. The van der Waals surface area contributed by atoms with Crippen molar-refractivity contribution in [3.63, 3.8) is 0 Å². The molecule has 6 heteroatoms. The summed E-state index contributed by atoms with van der Waals surface area (Å²) >= 11 is 0. The van der Waals surface area contributed by atoms with Crippen molar-refractivity contribution in [3.05, 3.63) is 60.7 Å². The van der Waals surface area contributed by atoms with Gasteiger partial charge in [0, 0.05) is 12.8 Å². The molecule has 150 valence electrons. The molecule has 2 aromatic carbocycles. The normalized spacial score (nSPS) is 10.5. The summed E-state index contributed by atoms with van der Waals surface area (Å²) < 4.78 is 0. The lowest BCUT2D eigenvalue weighted by molar-refractivity contribution is -0.119. The number of nitrogens with two attached hydrogens (primary N) is 2. The van der Waals surface area contributed by atoms with Gasteiger partial charge in [0.25, 0.3) is 0 Å². The fraction of sp³-hybridized carbons (Fsp3) is 0.364. The SMILES string of the molecule is NN(C(=O)CCCCCCCCC(=O)N(N)c1ccccc1)c1ccccc1. The van der Waals surface area contributed by atoms with Crippen LogP contribution in [0.5, 0.6) is 0 Å². The highest BCUT2D eigenvalue weighted by atomic mass is 16.2. The number of hydrogen-bond donors (Lipinski definition) is 2. The molecule has 4 N–H and O–H groups in total. The summed E-state index contributed by atoms with van der Waals surface area (Å²) in [5, 5.41) is 2.44. The third-order valence-electron chi connectivity index (χ3n) is 4.64. The molecule has 0 aromatic heterocycles. The number of unbranched alkanes of at least 4 members (excludes halogenated alkanes) is 5. The van der Waals surface area contributed by atoms with E-state index in [-0.39, 0.29) is 11.8 Å². The number of rotatable bonds is 11.